The quantitative estimate of drug-likeness (QED) is 0.799. The predicted octanol–water partition coefficient (Wildman–Crippen LogP) is 0.554. The lowest BCUT2D eigenvalue weighted by molar-refractivity contribution is 0.0946. The van der Waals surface area contributed by atoms with Crippen molar-refractivity contribution in [1.82, 2.24) is 25.0 Å². The number of nitrogens with zero attached hydrogens (tertiary/aromatic N) is 3. The van der Waals surface area contributed by atoms with Gasteiger partial charge in [-0.1, -0.05) is 0 Å². The number of carbonyl (C=O) groups is 1. The molecule has 146 valence electrons. The zero-order valence-corrected chi connectivity index (χ0v) is 16.4. The van der Waals surface area contributed by atoms with E-state index in [1.165, 1.54) is 18.7 Å². The topological polar surface area (TPSA) is 90.2 Å². The lowest BCUT2D eigenvalue weighted by atomic mass is 10.1. The van der Waals surface area contributed by atoms with Crippen molar-refractivity contribution < 1.29 is 9.53 Å². The Morgan fingerprint density at radius 3 is 2.78 bits per heavy atom. The number of nitrogens with one attached hydrogen (secondary N) is 2. The highest BCUT2D eigenvalue weighted by Gasteiger charge is 2.23. The molecule has 0 aliphatic carbocycles. The highest BCUT2D eigenvalue weighted by atomic mass is 16.5. The molecule has 0 aromatic carbocycles. The van der Waals surface area contributed by atoms with Gasteiger partial charge in [-0.25, -0.2) is 0 Å². The van der Waals surface area contributed by atoms with E-state index in [0.717, 1.165) is 23.6 Å². The number of aryl methyl sites for hydroxylation is 1. The molecule has 0 spiro atoms. The standard InChI is InChI=1S/C19H27N5O3/c1-12-13(2)22-24(14(12)3)10-8-21-19(26)18-15-5-6-20-7-9-23(15)17(25)11-16(18)27-4/h11,20H,5-10H2,1-4H3,(H,21,26). The minimum Gasteiger partial charge on any atom is -0.496 e. The molecule has 1 aliphatic rings. The first-order chi connectivity index (χ1) is 12.9. The molecular weight excluding hydrogens is 346 g/mol. The van der Waals surface area contributed by atoms with E-state index in [-0.39, 0.29) is 11.5 Å². The van der Waals surface area contributed by atoms with Gasteiger partial charge in [0.2, 0.25) is 0 Å². The van der Waals surface area contributed by atoms with Crippen LogP contribution in [0, 0.1) is 20.8 Å². The molecule has 8 heteroatoms. The van der Waals surface area contributed by atoms with E-state index in [0.29, 0.717) is 43.9 Å². The average Bonchev–Trinajstić information content (AvgIpc) is 2.85. The third-order valence-electron chi connectivity index (χ3n) is 5.23. The second-order valence-electron chi connectivity index (χ2n) is 6.80. The summed E-state index contributed by atoms with van der Waals surface area (Å²) in [6.07, 6.45) is 0.603. The Balaban J connectivity index is 1.81. The van der Waals surface area contributed by atoms with E-state index in [2.05, 4.69) is 15.7 Å². The highest BCUT2D eigenvalue weighted by Crippen LogP contribution is 2.21. The van der Waals surface area contributed by atoms with E-state index in [9.17, 15) is 9.59 Å². The molecule has 2 aromatic heterocycles. The summed E-state index contributed by atoms with van der Waals surface area (Å²) in [5.41, 5.74) is 4.31. The molecule has 27 heavy (non-hydrogen) atoms. The Kier molecular flexibility index (Phi) is 5.65. The van der Waals surface area contributed by atoms with Crippen LogP contribution in [0.1, 0.15) is 33.0 Å². The molecule has 0 fully saturated rings. The first kappa shape index (κ1) is 19.2. The van der Waals surface area contributed by atoms with Crippen molar-refractivity contribution in [3.63, 3.8) is 0 Å². The summed E-state index contributed by atoms with van der Waals surface area (Å²) < 4.78 is 8.92. The lowest BCUT2D eigenvalue weighted by Crippen LogP contribution is -2.33. The minimum absolute atomic E-state index is 0.139. The number of hydrogen-bond donors (Lipinski definition) is 2. The number of rotatable bonds is 5. The van der Waals surface area contributed by atoms with E-state index in [4.69, 9.17) is 4.74 Å². The molecule has 3 heterocycles. The molecule has 1 amide bonds. The summed E-state index contributed by atoms with van der Waals surface area (Å²) in [5, 5.41) is 10.7. The Morgan fingerprint density at radius 1 is 1.33 bits per heavy atom. The normalized spacial score (nSPS) is 13.8. The van der Waals surface area contributed by atoms with Gasteiger partial charge in [0.15, 0.2) is 0 Å². The number of pyridine rings is 1. The summed E-state index contributed by atoms with van der Waals surface area (Å²) >= 11 is 0. The summed E-state index contributed by atoms with van der Waals surface area (Å²) in [4.78, 5) is 25.3. The van der Waals surface area contributed by atoms with Crippen molar-refractivity contribution in [2.24, 2.45) is 0 Å². The fourth-order valence-corrected chi connectivity index (χ4v) is 3.47. The molecule has 0 bridgehead atoms. The van der Waals surface area contributed by atoms with Crippen LogP contribution >= 0.6 is 0 Å². The number of methoxy groups -OCH3 is 1. The lowest BCUT2D eigenvalue weighted by Gasteiger charge is -2.17. The smallest absolute Gasteiger partial charge is 0.256 e. The van der Waals surface area contributed by atoms with E-state index < -0.39 is 0 Å². The number of carbonyl (C=O) groups excluding carboxylic acids is 1. The summed E-state index contributed by atoms with van der Waals surface area (Å²) in [7, 11) is 1.48. The molecule has 1 aliphatic heterocycles. The van der Waals surface area contributed by atoms with Crippen LogP contribution in [0.15, 0.2) is 10.9 Å². The zero-order valence-electron chi connectivity index (χ0n) is 16.4. The van der Waals surface area contributed by atoms with Crippen molar-refractivity contribution in [1.29, 1.82) is 0 Å². The Hall–Kier alpha value is -2.61. The maximum Gasteiger partial charge on any atom is 0.256 e. The molecule has 3 rings (SSSR count). The van der Waals surface area contributed by atoms with Crippen LogP contribution < -0.4 is 20.9 Å². The van der Waals surface area contributed by atoms with Gasteiger partial charge in [0.05, 0.1) is 19.3 Å². The first-order valence-corrected chi connectivity index (χ1v) is 9.24. The molecule has 0 radical (unpaired) electrons. The molecule has 0 saturated carbocycles. The third-order valence-corrected chi connectivity index (χ3v) is 5.23. The second kappa shape index (κ2) is 7.96. The van der Waals surface area contributed by atoms with Gasteiger partial charge in [0.1, 0.15) is 11.3 Å². The highest BCUT2D eigenvalue weighted by molar-refractivity contribution is 5.98. The van der Waals surface area contributed by atoms with E-state index >= 15 is 0 Å². The Morgan fingerprint density at radius 2 is 2.11 bits per heavy atom. The maximum absolute atomic E-state index is 12.9. The number of hydrogen-bond acceptors (Lipinski definition) is 5. The van der Waals surface area contributed by atoms with E-state index in [1.807, 2.05) is 25.5 Å². The molecule has 0 unspecified atom stereocenters. The molecule has 2 aromatic rings. The number of amides is 1. The minimum atomic E-state index is -0.226. The van der Waals surface area contributed by atoms with Gasteiger partial charge in [-0.05, 0) is 26.3 Å². The number of ether oxygens (including phenoxy) is 1. The van der Waals surface area contributed by atoms with Crippen molar-refractivity contribution in [3.8, 4) is 5.75 Å². The second-order valence-corrected chi connectivity index (χ2v) is 6.80. The fourth-order valence-electron chi connectivity index (χ4n) is 3.47. The fraction of sp³-hybridized carbons (Fsp3) is 0.526. The monoisotopic (exact) mass is 373 g/mol. The summed E-state index contributed by atoms with van der Waals surface area (Å²) in [6, 6.07) is 1.40. The average molecular weight is 373 g/mol. The Bertz CT molecular complexity index is 913. The van der Waals surface area contributed by atoms with Crippen LogP contribution in [0.25, 0.3) is 0 Å². The predicted molar refractivity (Wildman–Crippen MR) is 103 cm³/mol. The first-order valence-electron chi connectivity index (χ1n) is 9.24. The van der Waals surface area contributed by atoms with Crippen LogP contribution in [0.5, 0.6) is 5.75 Å². The number of aromatic nitrogens is 3. The Labute approximate surface area is 158 Å². The van der Waals surface area contributed by atoms with Gasteiger partial charge in [-0.3, -0.25) is 14.3 Å². The number of fused-ring (bicyclic) bond motifs is 1. The zero-order chi connectivity index (χ0) is 19.6. The van der Waals surface area contributed by atoms with Crippen LogP contribution in [0.2, 0.25) is 0 Å². The van der Waals surface area contributed by atoms with Crippen LogP contribution in [-0.2, 0) is 19.5 Å². The largest absolute Gasteiger partial charge is 0.496 e. The van der Waals surface area contributed by atoms with Crippen LogP contribution in [0.3, 0.4) is 0 Å². The third kappa shape index (κ3) is 3.75. The van der Waals surface area contributed by atoms with Gasteiger partial charge in [0.25, 0.3) is 11.5 Å². The molecule has 0 saturated heterocycles. The summed E-state index contributed by atoms with van der Waals surface area (Å²) in [5.74, 6) is 0.100. The van der Waals surface area contributed by atoms with Crippen molar-refractivity contribution in [3.05, 3.63) is 44.6 Å². The molecule has 2 N–H and O–H groups in total. The van der Waals surface area contributed by atoms with Crippen molar-refractivity contribution in [2.75, 3.05) is 26.7 Å². The van der Waals surface area contributed by atoms with Crippen molar-refractivity contribution in [2.45, 2.75) is 40.3 Å². The van der Waals surface area contributed by atoms with Gasteiger partial charge in [-0.15, -0.1) is 0 Å². The van der Waals surface area contributed by atoms with Gasteiger partial charge in [0, 0.05) is 50.1 Å². The van der Waals surface area contributed by atoms with Crippen molar-refractivity contribution >= 4 is 5.91 Å². The van der Waals surface area contributed by atoms with Gasteiger partial charge >= 0.3 is 0 Å². The molecular formula is C19H27N5O3. The van der Waals surface area contributed by atoms with E-state index in [1.54, 1.807) is 4.57 Å². The van der Waals surface area contributed by atoms with Crippen LogP contribution in [-0.4, -0.2) is 47.0 Å². The molecule has 8 nitrogen and oxygen atoms in total. The molecule has 0 atom stereocenters. The van der Waals surface area contributed by atoms with Gasteiger partial charge < -0.3 is 19.9 Å². The summed E-state index contributed by atoms with van der Waals surface area (Å²) in [6.45, 7) is 9.05. The maximum atomic E-state index is 12.9. The van der Waals surface area contributed by atoms with Gasteiger partial charge in [-0.2, -0.15) is 5.10 Å². The SMILES string of the molecule is COc1cc(=O)n2c(c1C(=O)NCCn1nc(C)c(C)c1C)CCNCC2. The van der Waals surface area contributed by atoms with Crippen LogP contribution in [0.4, 0.5) is 0 Å².